The topological polar surface area (TPSA) is 177 Å². The Bertz CT molecular complexity index is 1120. The second-order valence-electron chi connectivity index (χ2n) is 9.95. The lowest BCUT2D eigenvalue weighted by Crippen LogP contribution is -2.36. The number of aromatic nitrogens is 4. The van der Waals surface area contributed by atoms with Crippen LogP contribution in [0.15, 0.2) is 6.33 Å². The number of aliphatic hydroxyl groups is 3. The molecule has 1 saturated heterocycles. The number of hydrogen-bond donors (Lipinski definition) is 5. The molecule has 6 N–H and O–H groups in total. The van der Waals surface area contributed by atoms with Crippen LogP contribution in [0.1, 0.15) is 58.5 Å². The number of nitrogens with two attached hydrogens (primary N) is 1. The molecule has 0 aromatic carbocycles. The minimum absolute atomic E-state index is 0.0364. The van der Waals surface area contributed by atoms with E-state index in [1.165, 1.54) is 10.9 Å². The molecule has 0 bridgehead atoms. The molecule has 2 aliphatic rings. The largest absolute Gasteiger partial charge is 0.479 e. The van der Waals surface area contributed by atoms with Gasteiger partial charge < -0.3 is 30.9 Å². The number of carbonyl (C=O) groups is 1. The minimum Gasteiger partial charge on any atom is -0.479 e. The SMILES string of the molecule is CC(C)(C)C1CCC(O)(C#Cc2nc(N)c3ncn(C4OC(C(=O)O)C(O)C4O)c3n2)CC1. The van der Waals surface area contributed by atoms with Gasteiger partial charge in [-0.3, -0.25) is 4.57 Å². The van der Waals surface area contributed by atoms with Crippen LogP contribution < -0.4 is 5.73 Å². The van der Waals surface area contributed by atoms with Gasteiger partial charge in [0.15, 0.2) is 23.8 Å². The van der Waals surface area contributed by atoms with E-state index in [1.54, 1.807) is 0 Å². The average Bonchev–Trinajstić information content (AvgIpc) is 3.28. The number of nitrogens with zero attached hydrogens (tertiary/aromatic N) is 4. The van der Waals surface area contributed by atoms with E-state index in [2.05, 4.69) is 47.6 Å². The van der Waals surface area contributed by atoms with E-state index in [-0.39, 0.29) is 28.2 Å². The molecule has 33 heavy (non-hydrogen) atoms. The summed E-state index contributed by atoms with van der Waals surface area (Å²) in [4.78, 5) is 23.9. The summed E-state index contributed by atoms with van der Waals surface area (Å²) in [6.45, 7) is 6.60. The van der Waals surface area contributed by atoms with Gasteiger partial charge in [0.05, 0.1) is 6.33 Å². The quantitative estimate of drug-likeness (QED) is 0.396. The summed E-state index contributed by atoms with van der Waals surface area (Å²) in [6, 6.07) is 0. The molecular weight excluding hydrogens is 430 g/mol. The zero-order chi connectivity index (χ0) is 24.1. The van der Waals surface area contributed by atoms with E-state index in [0.29, 0.717) is 18.8 Å². The van der Waals surface area contributed by atoms with E-state index in [1.807, 2.05) is 0 Å². The Kier molecular flexibility index (Phi) is 5.82. The first-order valence-corrected chi connectivity index (χ1v) is 10.9. The number of carboxylic acid groups (broad SMARTS) is 1. The van der Waals surface area contributed by atoms with Crippen LogP contribution in [0.3, 0.4) is 0 Å². The Morgan fingerprint density at radius 2 is 1.91 bits per heavy atom. The number of ether oxygens (including phenoxy) is 1. The molecule has 1 aliphatic heterocycles. The van der Waals surface area contributed by atoms with Crippen LogP contribution in [0.2, 0.25) is 0 Å². The van der Waals surface area contributed by atoms with Crippen molar-refractivity contribution in [3.63, 3.8) is 0 Å². The molecule has 3 heterocycles. The fourth-order valence-electron chi connectivity index (χ4n) is 4.53. The number of imidazole rings is 1. The summed E-state index contributed by atoms with van der Waals surface area (Å²) in [7, 11) is 0. The Morgan fingerprint density at radius 3 is 2.48 bits per heavy atom. The van der Waals surface area contributed by atoms with E-state index in [0.717, 1.165) is 12.8 Å². The van der Waals surface area contributed by atoms with Crippen molar-refractivity contribution in [1.82, 2.24) is 19.5 Å². The van der Waals surface area contributed by atoms with Crippen LogP contribution in [0.5, 0.6) is 0 Å². The van der Waals surface area contributed by atoms with Crippen molar-refractivity contribution < 1.29 is 30.0 Å². The number of carboxylic acids is 1. The van der Waals surface area contributed by atoms with Crippen LogP contribution in [-0.4, -0.2) is 69.8 Å². The first kappa shape index (κ1) is 23.4. The lowest BCUT2D eigenvalue weighted by atomic mass is 9.68. The smallest absolute Gasteiger partial charge is 0.335 e. The van der Waals surface area contributed by atoms with Gasteiger partial charge in [-0.15, -0.1) is 0 Å². The molecule has 2 aromatic heterocycles. The fraction of sp³-hybridized carbons (Fsp3) is 0.636. The highest BCUT2D eigenvalue weighted by Crippen LogP contribution is 2.41. The van der Waals surface area contributed by atoms with Crippen LogP contribution >= 0.6 is 0 Å². The van der Waals surface area contributed by atoms with Gasteiger partial charge in [0.25, 0.3) is 0 Å². The molecule has 2 aromatic rings. The normalized spacial score (nSPS) is 32.5. The number of rotatable bonds is 2. The second kappa shape index (κ2) is 8.22. The van der Waals surface area contributed by atoms with Gasteiger partial charge in [-0.1, -0.05) is 26.7 Å². The highest BCUT2D eigenvalue weighted by Gasteiger charge is 2.48. The Morgan fingerprint density at radius 1 is 1.24 bits per heavy atom. The number of fused-ring (bicyclic) bond motifs is 1. The first-order valence-electron chi connectivity index (χ1n) is 10.9. The molecule has 4 unspecified atom stereocenters. The zero-order valence-electron chi connectivity index (χ0n) is 18.8. The molecule has 4 rings (SSSR count). The number of hydrogen-bond acceptors (Lipinski definition) is 9. The summed E-state index contributed by atoms with van der Waals surface area (Å²) in [5, 5.41) is 40.4. The van der Waals surface area contributed by atoms with Crippen LogP contribution in [0.4, 0.5) is 5.82 Å². The van der Waals surface area contributed by atoms with Crippen LogP contribution in [0.25, 0.3) is 11.2 Å². The van der Waals surface area contributed by atoms with E-state index < -0.39 is 36.1 Å². The molecule has 178 valence electrons. The Labute approximate surface area is 190 Å². The minimum atomic E-state index is -1.62. The molecule has 0 spiro atoms. The van der Waals surface area contributed by atoms with Gasteiger partial charge in [-0.2, -0.15) is 0 Å². The highest BCUT2D eigenvalue weighted by atomic mass is 16.6. The van der Waals surface area contributed by atoms with Gasteiger partial charge in [-0.05, 0) is 42.9 Å². The predicted octanol–water partition coefficient (Wildman–Crippen LogP) is 0.431. The van der Waals surface area contributed by atoms with Gasteiger partial charge in [0.2, 0.25) is 5.82 Å². The summed E-state index contributed by atoms with van der Waals surface area (Å²) < 4.78 is 6.62. The lowest BCUT2D eigenvalue weighted by molar-refractivity contribution is -0.155. The molecule has 1 aliphatic carbocycles. The number of anilines is 1. The standard InChI is InChI=1S/C22H29N5O6/c1-21(2,3)11-4-7-22(32,8-5-11)9-6-12-25-17(23)13-18(26-12)27(10-24-13)19-15(29)14(28)16(33-19)20(30)31/h10-11,14-16,19,28-29,32H,4-5,7-8H2,1-3H3,(H,30,31)(H2,23,25,26). The molecule has 1 saturated carbocycles. The van der Waals surface area contributed by atoms with Crippen molar-refractivity contribution in [3.8, 4) is 11.8 Å². The molecule has 4 atom stereocenters. The average molecular weight is 460 g/mol. The fourth-order valence-corrected chi connectivity index (χ4v) is 4.53. The van der Waals surface area contributed by atoms with Crippen molar-refractivity contribution in [2.24, 2.45) is 11.3 Å². The van der Waals surface area contributed by atoms with E-state index >= 15 is 0 Å². The first-order chi connectivity index (χ1) is 15.4. The molecule has 11 heteroatoms. The van der Waals surface area contributed by atoms with Crippen molar-refractivity contribution in [1.29, 1.82) is 0 Å². The van der Waals surface area contributed by atoms with Crippen LogP contribution in [0, 0.1) is 23.2 Å². The monoisotopic (exact) mass is 459 g/mol. The number of nitrogen functional groups attached to an aromatic ring is 1. The van der Waals surface area contributed by atoms with Crippen molar-refractivity contribution in [2.45, 2.75) is 76.6 Å². The van der Waals surface area contributed by atoms with Crippen molar-refractivity contribution >= 4 is 23.0 Å². The molecule has 0 amide bonds. The lowest BCUT2D eigenvalue weighted by Gasteiger charge is -2.39. The van der Waals surface area contributed by atoms with Gasteiger partial charge in [0, 0.05) is 0 Å². The molecule has 2 fully saturated rings. The Balaban J connectivity index is 1.61. The maximum atomic E-state index is 11.3. The van der Waals surface area contributed by atoms with E-state index in [9.17, 15) is 25.2 Å². The van der Waals surface area contributed by atoms with Gasteiger partial charge >= 0.3 is 5.97 Å². The third kappa shape index (κ3) is 4.39. The second-order valence-corrected chi connectivity index (χ2v) is 9.95. The number of aliphatic hydroxyl groups excluding tert-OH is 2. The van der Waals surface area contributed by atoms with E-state index in [4.69, 9.17) is 10.5 Å². The molecule has 11 nitrogen and oxygen atoms in total. The number of aliphatic carboxylic acids is 1. The van der Waals surface area contributed by atoms with Gasteiger partial charge in [0.1, 0.15) is 23.3 Å². The van der Waals surface area contributed by atoms with Crippen molar-refractivity contribution in [3.05, 3.63) is 12.2 Å². The summed E-state index contributed by atoms with van der Waals surface area (Å²) in [6.07, 6.45) is -1.87. The molecule has 0 radical (unpaired) electrons. The van der Waals surface area contributed by atoms with Gasteiger partial charge in [-0.25, -0.2) is 19.7 Å². The Hall–Kier alpha value is -2.78. The summed E-state index contributed by atoms with van der Waals surface area (Å²) in [5.41, 5.74) is 5.43. The third-order valence-electron chi connectivity index (χ3n) is 6.65. The summed E-state index contributed by atoms with van der Waals surface area (Å²) in [5.74, 6) is 4.90. The summed E-state index contributed by atoms with van der Waals surface area (Å²) >= 11 is 0. The van der Waals surface area contributed by atoms with Crippen LogP contribution in [-0.2, 0) is 9.53 Å². The maximum absolute atomic E-state index is 11.3. The third-order valence-corrected chi connectivity index (χ3v) is 6.65. The molecular formula is C22H29N5O6. The highest BCUT2D eigenvalue weighted by molar-refractivity contribution is 5.82. The zero-order valence-corrected chi connectivity index (χ0v) is 18.8. The maximum Gasteiger partial charge on any atom is 0.335 e. The predicted molar refractivity (Wildman–Crippen MR) is 117 cm³/mol. The van der Waals surface area contributed by atoms with Crippen molar-refractivity contribution in [2.75, 3.05) is 5.73 Å².